The van der Waals surface area contributed by atoms with E-state index in [4.69, 9.17) is 4.74 Å². The molecule has 5 atom stereocenters. The van der Waals surface area contributed by atoms with Crippen molar-refractivity contribution in [2.24, 2.45) is 0 Å². The summed E-state index contributed by atoms with van der Waals surface area (Å²) in [6, 6.07) is 2.86. The molecule has 0 amide bonds. The van der Waals surface area contributed by atoms with Crippen molar-refractivity contribution in [3.63, 3.8) is 0 Å². The van der Waals surface area contributed by atoms with Crippen LogP contribution >= 0.6 is 0 Å². The number of phenolic OH excluding ortho intramolecular Hbond substituents is 1. The summed E-state index contributed by atoms with van der Waals surface area (Å²) in [5.41, 5.74) is -0.443. The van der Waals surface area contributed by atoms with Gasteiger partial charge in [-0.3, -0.25) is 4.79 Å². The highest BCUT2D eigenvalue weighted by molar-refractivity contribution is 5.89. The standard InChI is InChI=1S/C17H19NO5/c1-18(22)7-6-16-13-9-2-3-10(19)14(13)23-15(16)11(20)4-5-17(16,21)12(18)8-9/h2-3,12,15,19,21H,4-8H2,1H3/t12-,15+,16+,17-,18?/m1/s1. The maximum Gasteiger partial charge on any atom is 0.174 e. The van der Waals surface area contributed by atoms with Gasteiger partial charge in [0.05, 0.1) is 19.0 Å². The molecule has 6 heteroatoms. The Hall–Kier alpha value is -1.63. The van der Waals surface area contributed by atoms with Crippen LogP contribution in [0.3, 0.4) is 0 Å². The van der Waals surface area contributed by atoms with Gasteiger partial charge in [-0.15, -0.1) is 0 Å². The number of hydrogen-bond donors (Lipinski definition) is 2. The second-order valence-electron chi connectivity index (χ2n) is 7.68. The number of piperidine rings is 1. The average molecular weight is 317 g/mol. The van der Waals surface area contributed by atoms with Crippen LogP contribution in [0.4, 0.5) is 0 Å². The van der Waals surface area contributed by atoms with Crippen LogP contribution in [0.25, 0.3) is 0 Å². The number of benzene rings is 1. The van der Waals surface area contributed by atoms with Gasteiger partial charge in [-0.25, -0.2) is 0 Å². The Morgan fingerprint density at radius 2 is 2.17 bits per heavy atom. The number of nitrogens with zero attached hydrogens (tertiary/aromatic N) is 1. The van der Waals surface area contributed by atoms with Gasteiger partial charge >= 0.3 is 0 Å². The number of hydroxylamine groups is 3. The zero-order chi connectivity index (χ0) is 16.2. The number of hydrogen-bond acceptors (Lipinski definition) is 5. The molecule has 122 valence electrons. The van der Waals surface area contributed by atoms with Gasteiger partial charge in [0, 0.05) is 24.8 Å². The van der Waals surface area contributed by atoms with Crippen LogP contribution in [0.1, 0.15) is 30.4 Å². The van der Waals surface area contributed by atoms with Crippen molar-refractivity contribution in [1.82, 2.24) is 0 Å². The van der Waals surface area contributed by atoms with Crippen molar-refractivity contribution in [2.75, 3.05) is 13.6 Å². The predicted molar refractivity (Wildman–Crippen MR) is 79.9 cm³/mol. The highest BCUT2D eigenvalue weighted by Gasteiger charge is 2.75. The lowest BCUT2D eigenvalue weighted by atomic mass is 9.49. The summed E-state index contributed by atoms with van der Waals surface area (Å²) < 4.78 is 5.40. The third kappa shape index (κ3) is 1.28. The quantitative estimate of drug-likeness (QED) is 0.544. The summed E-state index contributed by atoms with van der Waals surface area (Å²) in [6.45, 7) is 0.342. The number of phenols is 1. The van der Waals surface area contributed by atoms with Gasteiger partial charge in [0.15, 0.2) is 23.4 Å². The largest absolute Gasteiger partial charge is 0.633 e. The molecular weight excluding hydrogens is 298 g/mol. The molecule has 2 aliphatic heterocycles. The number of carbonyl (C=O) groups is 1. The van der Waals surface area contributed by atoms with Crippen molar-refractivity contribution in [3.05, 3.63) is 28.5 Å². The second-order valence-corrected chi connectivity index (χ2v) is 7.68. The molecular formula is C17H19NO5. The number of rotatable bonds is 0. The SMILES string of the molecule is C[N+]1([O-])CC[C@]23c4c5ccc(O)c4O[C@H]2C(=O)CC[C@@]3(O)[C@H]1C5. The summed E-state index contributed by atoms with van der Waals surface area (Å²) in [7, 11) is 1.61. The van der Waals surface area contributed by atoms with E-state index in [1.165, 1.54) is 0 Å². The van der Waals surface area contributed by atoms with Crippen LogP contribution in [-0.4, -0.2) is 52.0 Å². The highest BCUT2D eigenvalue weighted by atomic mass is 16.6. The Balaban J connectivity index is 1.88. The third-order valence-corrected chi connectivity index (χ3v) is 6.74. The molecule has 1 unspecified atom stereocenters. The van der Waals surface area contributed by atoms with Crippen LogP contribution in [-0.2, 0) is 16.6 Å². The first-order valence-corrected chi connectivity index (χ1v) is 8.14. The Morgan fingerprint density at radius 1 is 1.39 bits per heavy atom. The normalized spacial score (nSPS) is 46.3. The van der Waals surface area contributed by atoms with E-state index in [-0.39, 0.29) is 18.0 Å². The molecule has 0 radical (unpaired) electrons. The molecule has 1 aromatic carbocycles. The number of carbonyl (C=O) groups excluding carboxylic acids is 1. The Morgan fingerprint density at radius 3 is 2.96 bits per heavy atom. The van der Waals surface area contributed by atoms with E-state index in [0.717, 1.165) is 11.1 Å². The van der Waals surface area contributed by atoms with E-state index in [2.05, 4.69) is 0 Å². The number of aromatic hydroxyl groups is 1. The molecule has 2 heterocycles. The molecule has 0 aromatic heterocycles. The second kappa shape index (κ2) is 3.71. The maximum absolute atomic E-state index is 13.0. The van der Waals surface area contributed by atoms with E-state index in [1.807, 2.05) is 0 Å². The molecule has 5 rings (SSSR count). The average Bonchev–Trinajstić information content (AvgIpc) is 2.86. The predicted octanol–water partition coefficient (Wildman–Crippen LogP) is 0.758. The number of aliphatic hydroxyl groups is 1. The van der Waals surface area contributed by atoms with E-state index >= 15 is 0 Å². The lowest BCUT2D eigenvalue weighted by Crippen LogP contribution is -2.79. The smallest absolute Gasteiger partial charge is 0.174 e. The van der Waals surface area contributed by atoms with Gasteiger partial charge in [-0.05, 0) is 18.1 Å². The minimum absolute atomic E-state index is 0.00562. The van der Waals surface area contributed by atoms with Crippen LogP contribution in [0.5, 0.6) is 11.5 Å². The first-order valence-electron chi connectivity index (χ1n) is 8.14. The first kappa shape index (κ1) is 13.8. The molecule has 23 heavy (non-hydrogen) atoms. The van der Waals surface area contributed by atoms with E-state index in [9.17, 15) is 20.2 Å². The fourth-order valence-corrected chi connectivity index (χ4v) is 5.71. The van der Waals surface area contributed by atoms with E-state index in [0.29, 0.717) is 31.6 Å². The summed E-state index contributed by atoms with van der Waals surface area (Å²) in [6.07, 6.45) is 0.571. The van der Waals surface area contributed by atoms with Crippen molar-refractivity contribution in [2.45, 2.75) is 48.8 Å². The monoisotopic (exact) mass is 317 g/mol. The fraction of sp³-hybridized carbons (Fsp3) is 0.588. The number of quaternary nitrogens is 1. The molecule has 1 saturated carbocycles. The van der Waals surface area contributed by atoms with Gasteiger partial charge < -0.3 is 24.8 Å². The fourth-order valence-electron chi connectivity index (χ4n) is 5.71. The molecule has 1 saturated heterocycles. The Labute approximate surface area is 133 Å². The third-order valence-electron chi connectivity index (χ3n) is 6.74. The first-order chi connectivity index (χ1) is 10.8. The van der Waals surface area contributed by atoms with E-state index < -0.39 is 27.8 Å². The topological polar surface area (TPSA) is 89.8 Å². The molecule has 1 aromatic rings. The molecule has 2 N–H and O–H groups in total. The van der Waals surface area contributed by atoms with Crippen LogP contribution in [0, 0.1) is 5.21 Å². The Kier molecular flexibility index (Phi) is 2.22. The lowest BCUT2D eigenvalue weighted by molar-refractivity contribution is -0.904. The number of likely N-dealkylation sites (tertiary alicyclic amines) is 1. The van der Waals surface area contributed by atoms with Crippen molar-refractivity contribution < 1.29 is 24.4 Å². The van der Waals surface area contributed by atoms with E-state index in [1.54, 1.807) is 19.2 Å². The highest BCUT2D eigenvalue weighted by Crippen LogP contribution is 2.65. The Bertz CT molecular complexity index is 760. The molecule has 4 aliphatic rings. The van der Waals surface area contributed by atoms with Crippen molar-refractivity contribution >= 4 is 5.78 Å². The summed E-state index contributed by atoms with van der Waals surface area (Å²) in [5.74, 6) is 0.298. The van der Waals surface area contributed by atoms with Gasteiger partial charge in [0.25, 0.3) is 0 Å². The zero-order valence-electron chi connectivity index (χ0n) is 12.9. The number of ketones is 1. The minimum Gasteiger partial charge on any atom is -0.633 e. The van der Waals surface area contributed by atoms with Crippen LogP contribution in [0.2, 0.25) is 0 Å². The van der Waals surface area contributed by atoms with Gasteiger partial charge in [-0.2, -0.15) is 0 Å². The minimum atomic E-state index is -1.26. The van der Waals surface area contributed by atoms with Crippen molar-refractivity contribution in [1.29, 1.82) is 0 Å². The molecule has 6 nitrogen and oxygen atoms in total. The summed E-state index contributed by atoms with van der Waals surface area (Å²) >= 11 is 0. The molecule has 2 aliphatic carbocycles. The molecule has 2 bridgehead atoms. The number of ether oxygens (including phenoxy) is 1. The van der Waals surface area contributed by atoms with Crippen LogP contribution in [0.15, 0.2) is 12.1 Å². The van der Waals surface area contributed by atoms with Gasteiger partial charge in [-0.1, -0.05) is 6.07 Å². The summed E-state index contributed by atoms with van der Waals surface area (Å²) in [5, 5.41) is 34.8. The molecule has 2 fully saturated rings. The van der Waals surface area contributed by atoms with Gasteiger partial charge in [0.2, 0.25) is 0 Å². The summed E-state index contributed by atoms with van der Waals surface area (Å²) in [4.78, 5) is 12.5. The number of likely N-dealkylation sites (N-methyl/N-ethyl adjacent to an activating group) is 1. The lowest BCUT2D eigenvalue weighted by Gasteiger charge is -2.65. The van der Waals surface area contributed by atoms with Crippen molar-refractivity contribution in [3.8, 4) is 11.5 Å². The maximum atomic E-state index is 13.0. The molecule has 1 spiro atoms. The number of Topliss-reactive ketones (excluding diaryl/α,β-unsaturated/α-hetero) is 1. The van der Waals surface area contributed by atoms with Gasteiger partial charge in [0.1, 0.15) is 11.6 Å². The van der Waals surface area contributed by atoms with Crippen LogP contribution < -0.4 is 4.74 Å². The zero-order valence-corrected chi connectivity index (χ0v) is 12.9.